The number of benzene rings is 1. The van der Waals surface area contributed by atoms with Crippen LogP contribution < -0.4 is 5.63 Å². The van der Waals surface area contributed by atoms with E-state index in [4.69, 9.17) is 14.3 Å². The van der Waals surface area contributed by atoms with Crippen LogP contribution in [0.4, 0.5) is 0 Å². The van der Waals surface area contributed by atoms with Crippen LogP contribution in [0.2, 0.25) is 0 Å². The molecule has 0 saturated heterocycles. The van der Waals surface area contributed by atoms with Gasteiger partial charge >= 0.3 is 11.6 Å². The Hall–Kier alpha value is -2.60. The molecule has 0 spiro atoms. The third-order valence-corrected chi connectivity index (χ3v) is 3.99. The number of ether oxygens (including phenoxy) is 1. The molecular formula is C20H24O6. The van der Waals surface area contributed by atoms with Gasteiger partial charge in [-0.2, -0.15) is 0 Å². The quantitative estimate of drug-likeness (QED) is 0.403. The number of unbranched alkanes of at least 4 members (excludes halogenated alkanes) is 4. The summed E-state index contributed by atoms with van der Waals surface area (Å²) in [6.07, 6.45) is 8.56. The summed E-state index contributed by atoms with van der Waals surface area (Å²) in [6.45, 7) is 1.68. The Morgan fingerprint density at radius 3 is 2.81 bits per heavy atom. The number of carbonyl (C=O) groups excluding carboxylic acids is 1. The number of hydrogen-bond acceptors (Lipinski definition) is 6. The van der Waals surface area contributed by atoms with Gasteiger partial charge in [-0.25, -0.2) is 9.59 Å². The zero-order chi connectivity index (χ0) is 18.9. The van der Waals surface area contributed by atoms with Crippen molar-refractivity contribution in [1.82, 2.24) is 0 Å². The van der Waals surface area contributed by atoms with Crippen molar-refractivity contribution in [3.8, 4) is 5.75 Å². The fraction of sp³-hybridized carbons (Fsp3) is 0.400. The highest BCUT2D eigenvalue weighted by molar-refractivity contribution is 6.06. The minimum atomic E-state index is -0.705. The molecule has 0 radical (unpaired) electrons. The van der Waals surface area contributed by atoms with Crippen LogP contribution in [0.5, 0.6) is 5.75 Å². The highest BCUT2D eigenvalue weighted by Crippen LogP contribution is 2.30. The van der Waals surface area contributed by atoms with Crippen molar-refractivity contribution >= 4 is 23.0 Å². The fourth-order valence-corrected chi connectivity index (χ4v) is 2.67. The van der Waals surface area contributed by atoms with Crippen LogP contribution in [-0.2, 0) is 4.74 Å². The van der Waals surface area contributed by atoms with Crippen LogP contribution in [0.25, 0.3) is 17.0 Å². The summed E-state index contributed by atoms with van der Waals surface area (Å²) in [5.41, 5.74) is -0.475. The van der Waals surface area contributed by atoms with Gasteiger partial charge in [-0.05, 0) is 31.1 Å². The van der Waals surface area contributed by atoms with Crippen molar-refractivity contribution in [2.75, 3.05) is 13.2 Å². The number of aliphatic hydroxyl groups excluding tert-OH is 1. The van der Waals surface area contributed by atoms with Crippen LogP contribution in [0.1, 0.15) is 54.9 Å². The number of aromatic hydroxyl groups is 1. The van der Waals surface area contributed by atoms with Gasteiger partial charge in [-0.1, -0.05) is 38.3 Å². The summed E-state index contributed by atoms with van der Waals surface area (Å²) in [4.78, 5) is 24.3. The molecular weight excluding hydrogens is 336 g/mol. The Bertz CT molecular complexity index is 834. The van der Waals surface area contributed by atoms with Crippen molar-refractivity contribution in [2.45, 2.75) is 39.0 Å². The van der Waals surface area contributed by atoms with Gasteiger partial charge in [0.15, 0.2) is 0 Å². The average Bonchev–Trinajstić information content (AvgIpc) is 2.64. The zero-order valence-electron chi connectivity index (χ0n) is 14.9. The minimum absolute atomic E-state index is 0.00963. The van der Waals surface area contributed by atoms with E-state index >= 15 is 0 Å². The first-order chi connectivity index (χ1) is 12.6. The van der Waals surface area contributed by atoms with Crippen molar-refractivity contribution in [3.63, 3.8) is 0 Å². The fourth-order valence-electron chi connectivity index (χ4n) is 2.67. The summed E-state index contributed by atoms with van der Waals surface area (Å²) >= 11 is 0. The normalized spacial score (nSPS) is 11.3. The number of carbonyl (C=O) groups is 1. The molecule has 0 atom stereocenters. The van der Waals surface area contributed by atoms with Crippen molar-refractivity contribution in [1.29, 1.82) is 0 Å². The summed E-state index contributed by atoms with van der Waals surface area (Å²) in [5.74, 6) is -1.01. The van der Waals surface area contributed by atoms with Gasteiger partial charge in [0.1, 0.15) is 23.5 Å². The van der Waals surface area contributed by atoms with E-state index in [0.717, 1.165) is 32.1 Å². The van der Waals surface area contributed by atoms with Crippen LogP contribution in [0.15, 0.2) is 33.5 Å². The average molecular weight is 360 g/mol. The molecule has 6 nitrogen and oxygen atoms in total. The SMILES string of the molecule is CCCCCCC=Cc1c(O)c2c(C(=O)OCCO)cccc2oc1=O. The molecule has 6 heteroatoms. The maximum Gasteiger partial charge on any atom is 0.347 e. The summed E-state index contributed by atoms with van der Waals surface area (Å²) in [5, 5.41) is 19.5. The van der Waals surface area contributed by atoms with Crippen LogP contribution >= 0.6 is 0 Å². The smallest absolute Gasteiger partial charge is 0.347 e. The summed E-state index contributed by atoms with van der Waals surface area (Å²) in [7, 11) is 0. The lowest BCUT2D eigenvalue weighted by Gasteiger charge is -2.08. The first-order valence-corrected chi connectivity index (χ1v) is 8.83. The molecule has 1 aromatic heterocycles. The van der Waals surface area contributed by atoms with E-state index in [-0.39, 0.29) is 41.1 Å². The molecule has 1 aromatic carbocycles. The van der Waals surface area contributed by atoms with Gasteiger partial charge in [0.05, 0.1) is 17.6 Å². The lowest BCUT2D eigenvalue weighted by atomic mass is 10.1. The Kier molecular flexibility index (Phi) is 7.41. The maximum atomic E-state index is 12.1. The molecule has 0 fully saturated rings. The van der Waals surface area contributed by atoms with Crippen LogP contribution in [0.3, 0.4) is 0 Å². The van der Waals surface area contributed by atoms with Crippen molar-refractivity contribution < 1.29 is 24.2 Å². The molecule has 0 aliphatic rings. The monoisotopic (exact) mass is 360 g/mol. The maximum absolute atomic E-state index is 12.1. The molecule has 140 valence electrons. The second kappa shape index (κ2) is 9.77. The molecule has 0 saturated carbocycles. The van der Waals surface area contributed by atoms with Crippen LogP contribution in [0, 0.1) is 0 Å². The van der Waals surface area contributed by atoms with E-state index in [0.29, 0.717) is 0 Å². The van der Waals surface area contributed by atoms with E-state index in [1.165, 1.54) is 24.3 Å². The second-order valence-electron chi connectivity index (χ2n) is 5.94. The minimum Gasteiger partial charge on any atom is -0.506 e. The number of rotatable bonds is 9. The molecule has 2 aromatic rings. The molecule has 0 aliphatic carbocycles. The molecule has 26 heavy (non-hydrogen) atoms. The van der Waals surface area contributed by atoms with Gasteiger partial charge < -0.3 is 19.4 Å². The molecule has 0 aliphatic heterocycles. The second-order valence-corrected chi connectivity index (χ2v) is 5.94. The lowest BCUT2D eigenvalue weighted by molar-refractivity contribution is 0.0435. The molecule has 2 N–H and O–H groups in total. The van der Waals surface area contributed by atoms with E-state index < -0.39 is 11.6 Å². The Labute approximate surface area is 151 Å². The summed E-state index contributed by atoms with van der Waals surface area (Å²) < 4.78 is 10.1. The van der Waals surface area contributed by atoms with Gasteiger partial charge in [0, 0.05) is 0 Å². The first kappa shape index (κ1) is 19.7. The largest absolute Gasteiger partial charge is 0.506 e. The van der Waals surface area contributed by atoms with Gasteiger partial charge in [0.25, 0.3) is 0 Å². The topological polar surface area (TPSA) is 97.0 Å². The van der Waals surface area contributed by atoms with Gasteiger partial charge in [0.2, 0.25) is 0 Å². The first-order valence-electron chi connectivity index (χ1n) is 8.83. The number of aliphatic hydroxyl groups is 1. The molecule has 0 amide bonds. The standard InChI is InChI=1S/C20H24O6/c1-2-3-4-5-6-7-9-15-18(22)17-14(19(23)25-13-12-21)10-8-11-16(17)26-20(15)24/h7-11,21-22H,2-6,12-13H2,1H3. The Morgan fingerprint density at radius 2 is 2.08 bits per heavy atom. The predicted molar refractivity (Wildman–Crippen MR) is 99.3 cm³/mol. The van der Waals surface area contributed by atoms with E-state index in [2.05, 4.69) is 6.92 Å². The summed E-state index contributed by atoms with van der Waals surface area (Å²) in [6, 6.07) is 4.50. The Balaban J connectivity index is 2.35. The molecule has 1 heterocycles. The lowest BCUT2D eigenvalue weighted by Crippen LogP contribution is -2.11. The molecule has 0 bridgehead atoms. The number of allylic oxidation sites excluding steroid dienone is 1. The number of hydrogen-bond donors (Lipinski definition) is 2. The molecule has 0 unspecified atom stereocenters. The van der Waals surface area contributed by atoms with Gasteiger partial charge in [-0.3, -0.25) is 0 Å². The number of fused-ring (bicyclic) bond motifs is 1. The van der Waals surface area contributed by atoms with Crippen molar-refractivity contribution in [3.05, 3.63) is 45.8 Å². The van der Waals surface area contributed by atoms with E-state index in [9.17, 15) is 14.7 Å². The zero-order valence-corrected chi connectivity index (χ0v) is 14.9. The van der Waals surface area contributed by atoms with Gasteiger partial charge in [-0.15, -0.1) is 0 Å². The van der Waals surface area contributed by atoms with E-state index in [1.54, 1.807) is 0 Å². The van der Waals surface area contributed by atoms with E-state index in [1.807, 2.05) is 6.08 Å². The predicted octanol–water partition coefficient (Wildman–Crippen LogP) is 3.63. The number of esters is 1. The third-order valence-electron chi connectivity index (χ3n) is 3.99. The third kappa shape index (κ3) is 4.73. The molecule has 2 rings (SSSR count). The highest BCUT2D eigenvalue weighted by atomic mass is 16.5. The van der Waals surface area contributed by atoms with Crippen molar-refractivity contribution in [2.24, 2.45) is 0 Å². The highest BCUT2D eigenvalue weighted by Gasteiger charge is 2.19. The Morgan fingerprint density at radius 1 is 1.27 bits per heavy atom. The van der Waals surface area contributed by atoms with Crippen LogP contribution in [-0.4, -0.2) is 29.4 Å².